The lowest BCUT2D eigenvalue weighted by atomic mass is 9.96. The van der Waals surface area contributed by atoms with E-state index in [9.17, 15) is 13.2 Å². The molecule has 1 saturated heterocycles. The quantitative estimate of drug-likeness (QED) is 0.718. The number of hydrogen-bond donors (Lipinski definition) is 1. The van der Waals surface area contributed by atoms with E-state index in [4.69, 9.17) is 4.52 Å². The summed E-state index contributed by atoms with van der Waals surface area (Å²) in [7, 11) is -3.81. The van der Waals surface area contributed by atoms with Gasteiger partial charge in [-0.15, -0.1) is 0 Å². The van der Waals surface area contributed by atoms with Crippen molar-refractivity contribution in [2.75, 3.05) is 13.1 Å². The van der Waals surface area contributed by atoms with Crippen molar-refractivity contribution in [3.8, 4) is 0 Å². The second-order valence-electron chi connectivity index (χ2n) is 8.42. The first kappa shape index (κ1) is 22.4. The van der Waals surface area contributed by atoms with Crippen LogP contribution < -0.4 is 4.72 Å². The van der Waals surface area contributed by atoms with Crippen molar-refractivity contribution in [3.63, 3.8) is 0 Å². The molecule has 1 aliphatic heterocycles. The maximum atomic E-state index is 13.3. The van der Waals surface area contributed by atoms with Gasteiger partial charge in [-0.25, -0.2) is 8.42 Å². The van der Waals surface area contributed by atoms with Crippen molar-refractivity contribution >= 4 is 15.9 Å². The third kappa shape index (κ3) is 5.46. The molecule has 0 aliphatic carbocycles. The van der Waals surface area contributed by atoms with E-state index in [1.54, 1.807) is 36.1 Å². The molecule has 1 aliphatic rings. The van der Waals surface area contributed by atoms with Crippen molar-refractivity contribution < 1.29 is 17.7 Å². The highest BCUT2D eigenvalue weighted by Crippen LogP contribution is 2.27. The number of aromatic nitrogens is 2. The predicted molar refractivity (Wildman–Crippen MR) is 112 cm³/mol. The van der Waals surface area contributed by atoms with E-state index >= 15 is 0 Å². The van der Waals surface area contributed by atoms with Gasteiger partial charge in [0.1, 0.15) is 6.04 Å². The SMILES string of the molecule is Cc1ccc(S(=O)(=O)N[C@H](CC(C)C)C(=O)N2CCC[C@H](c3nc(C)no3)C2)cc1. The highest BCUT2D eigenvalue weighted by atomic mass is 32.2. The van der Waals surface area contributed by atoms with Crippen LogP contribution in [0.25, 0.3) is 0 Å². The van der Waals surface area contributed by atoms with Gasteiger partial charge in [-0.2, -0.15) is 9.71 Å². The first-order valence-corrected chi connectivity index (χ1v) is 11.8. The van der Waals surface area contributed by atoms with Gasteiger partial charge in [-0.1, -0.05) is 36.7 Å². The lowest BCUT2D eigenvalue weighted by Gasteiger charge is -2.34. The van der Waals surface area contributed by atoms with Crippen LogP contribution in [0.4, 0.5) is 0 Å². The predicted octanol–water partition coefficient (Wildman–Crippen LogP) is 2.79. The largest absolute Gasteiger partial charge is 0.341 e. The molecule has 1 aromatic carbocycles. The minimum absolute atomic E-state index is 0.0303. The number of amides is 1. The van der Waals surface area contributed by atoms with Gasteiger partial charge in [0.2, 0.25) is 21.8 Å². The van der Waals surface area contributed by atoms with Gasteiger partial charge in [0.15, 0.2) is 5.82 Å². The molecule has 3 rings (SSSR count). The Morgan fingerprint density at radius 2 is 1.97 bits per heavy atom. The summed E-state index contributed by atoms with van der Waals surface area (Å²) in [5, 5.41) is 3.84. The van der Waals surface area contributed by atoms with Crippen molar-refractivity contribution in [2.24, 2.45) is 5.92 Å². The third-order valence-corrected chi connectivity index (χ3v) is 6.75. The molecule has 164 valence electrons. The van der Waals surface area contributed by atoms with Gasteiger partial charge < -0.3 is 9.42 Å². The van der Waals surface area contributed by atoms with E-state index in [0.717, 1.165) is 18.4 Å². The Labute approximate surface area is 178 Å². The van der Waals surface area contributed by atoms with Gasteiger partial charge in [0.05, 0.1) is 10.8 Å². The summed E-state index contributed by atoms with van der Waals surface area (Å²) >= 11 is 0. The van der Waals surface area contributed by atoms with Crippen molar-refractivity contribution in [1.29, 1.82) is 0 Å². The zero-order chi connectivity index (χ0) is 21.9. The van der Waals surface area contributed by atoms with Gasteiger partial charge >= 0.3 is 0 Å². The molecule has 1 amide bonds. The standard InChI is InChI=1S/C21H30N4O4S/c1-14(2)12-19(24-30(27,28)18-9-7-15(3)8-10-18)21(26)25-11-5-6-17(13-25)20-22-16(4)23-29-20/h7-10,14,17,19,24H,5-6,11-13H2,1-4H3/t17-,19+/m0/s1. The molecule has 2 aromatic rings. The van der Waals surface area contributed by atoms with Gasteiger partial charge in [-0.3, -0.25) is 4.79 Å². The average molecular weight is 435 g/mol. The molecule has 0 saturated carbocycles. The summed E-state index contributed by atoms with van der Waals surface area (Å²) in [5.41, 5.74) is 0.972. The van der Waals surface area contributed by atoms with Crippen LogP contribution in [0.3, 0.4) is 0 Å². The molecule has 2 heterocycles. The van der Waals surface area contributed by atoms with E-state index in [-0.39, 0.29) is 22.6 Å². The molecular formula is C21H30N4O4S. The third-order valence-electron chi connectivity index (χ3n) is 5.26. The first-order valence-electron chi connectivity index (χ1n) is 10.3. The zero-order valence-electron chi connectivity index (χ0n) is 18.0. The molecule has 1 N–H and O–H groups in total. The second-order valence-corrected chi connectivity index (χ2v) is 10.1. The molecule has 2 atom stereocenters. The smallest absolute Gasteiger partial charge is 0.241 e. The van der Waals surface area contributed by atoms with Crippen LogP contribution in [0, 0.1) is 19.8 Å². The highest BCUT2D eigenvalue weighted by molar-refractivity contribution is 7.89. The average Bonchev–Trinajstić information content (AvgIpc) is 3.13. The van der Waals surface area contributed by atoms with Crippen molar-refractivity contribution in [3.05, 3.63) is 41.5 Å². The number of likely N-dealkylation sites (tertiary alicyclic amines) is 1. The number of piperidine rings is 1. The number of nitrogens with one attached hydrogen (secondary N) is 1. The number of aryl methyl sites for hydroxylation is 2. The normalized spacial score (nSPS) is 18.6. The molecule has 30 heavy (non-hydrogen) atoms. The van der Waals surface area contributed by atoms with Crippen LogP contribution in [-0.2, 0) is 14.8 Å². The molecule has 0 bridgehead atoms. The zero-order valence-corrected chi connectivity index (χ0v) is 18.8. The van der Waals surface area contributed by atoms with Gasteiger partial charge in [0, 0.05) is 13.1 Å². The van der Waals surface area contributed by atoms with E-state index in [1.165, 1.54) is 0 Å². The molecular weight excluding hydrogens is 404 g/mol. The maximum Gasteiger partial charge on any atom is 0.241 e. The fourth-order valence-electron chi connectivity index (χ4n) is 3.72. The van der Waals surface area contributed by atoms with E-state index in [1.807, 2.05) is 20.8 Å². The van der Waals surface area contributed by atoms with Crippen LogP contribution in [0.1, 0.15) is 56.3 Å². The van der Waals surface area contributed by atoms with E-state index in [0.29, 0.717) is 31.2 Å². The van der Waals surface area contributed by atoms with E-state index < -0.39 is 16.1 Å². The number of sulfonamides is 1. The molecule has 0 radical (unpaired) electrons. The minimum atomic E-state index is -3.81. The number of benzene rings is 1. The summed E-state index contributed by atoms with van der Waals surface area (Å²) in [6, 6.07) is 5.79. The number of carbonyl (C=O) groups excluding carboxylic acids is 1. The summed E-state index contributed by atoms with van der Waals surface area (Å²) < 4.78 is 33.7. The number of nitrogens with zero attached hydrogens (tertiary/aromatic N) is 3. The van der Waals surface area contributed by atoms with Gasteiger partial charge in [0.25, 0.3) is 0 Å². The number of hydrogen-bond acceptors (Lipinski definition) is 6. The molecule has 0 unspecified atom stereocenters. The minimum Gasteiger partial charge on any atom is -0.341 e. The highest BCUT2D eigenvalue weighted by Gasteiger charge is 2.34. The Balaban J connectivity index is 1.77. The molecule has 9 heteroatoms. The Morgan fingerprint density at radius 3 is 2.57 bits per heavy atom. The molecule has 0 spiro atoms. The van der Waals surface area contributed by atoms with Crippen molar-refractivity contribution in [2.45, 2.75) is 63.8 Å². The fourth-order valence-corrected chi connectivity index (χ4v) is 4.92. The van der Waals surface area contributed by atoms with Gasteiger partial charge in [-0.05, 0) is 51.2 Å². The van der Waals surface area contributed by atoms with Crippen LogP contribution in [-0.4, -0.2) is 48.5 Å². The van der Waals surface area contributed by atoms with E-state index in [2.05, 4.69) is 14.9 Å². The lowest BCUT2D eigenvalue weighted by molar-refractivity contribution is -0.134. The second kappa shape index (κ2) is 9.26. The van der Waals surface area contributed by atoms with Crippen molar-refractivity contribution in [1.82, 2.24) is 19.8 Å². The fraction of sp³-hybridized carbons (Fsp3) is 0.571. The monoisotopic (exact) mass is 434 g/mol. The van der Waals surface area contributed by atoms with Crippen LogP contribution >= 0.6 is 0 Å². The number of rotatable bonds is 7. The Morgan fingerprint density at radius 1 is 1.27 bits per heavy atom. The molecule has 1 aromatic heterocycles. The molecule has 8 nitrogen and oxygen atoms in total. The maximum absolute atomic E-state index is 13.3. The Bertz CT molecular complexity index is 969. The summed E-state index contributed by atoms with van der Waals surface area (Å²) in [6.45, 7) is 8.63. The molecule has 1 fully saturated rings. The Kier molecular flexibility index (Phi) is 6.92. The van der Waals surface area contributed by atoms with Crippen LogP contribution in [0.5, 0.6) is 0 Å². The Hall–Kier alpha value is -2.26. The summed E-state index contributed by atoms with van der Waals surface area (Å²) in [6.07, 6.45) is 2.08. The number of carbonyl (C=O) groups is 1. The van der Waals surface area contributed by atoms with Crippen LogP contribution in [0.2, 0.25) is 0 Å². The van der Waals surface area contributed by atoms with Crippen LogP contribution in [0.15, 0.2) is 33.7 Å². The summed E-state index contributed by atoms with van der Waals surface area (Å²) in [4.78, 5) is 19.5. The lowest BCUT2D eigenvalue weighted by Crippen LogP contribution is -2.51. The first-order chi connectivity index (χ1) is 14.2. The topological polar surface area (TPSA) is 105 Å². The summed E-state index contributed by atoms with van der Waals surface area (Å²) in [5.74, 6) is 1.01.